The molecule has 0 aliphatic carbocycles. The summed E-state index contributed by atoms with van der Waals surface area (Å²) in [5.41, 5.74) is 7.17. The molecule has 0 saturated heterocycles. The standard InChI is InChI=1S/C12H9ClFN3OS/c1-5(15)12-17-9(4-19-12)11-16-8-2-6(13)7(14)3-10(8)18-11/h2-5H,15H2,1H3. The number of aromatic nitrogens is 2. The van der Waals surface area contributed by atoms with Gasteiger partial charge in [-0.15, -0.1) is 11.3 Å². The number of fused-ring (bicyclic) bond motifs is 1. The fourth-order valence-electron chi connectivity index (χ4n) is 1.63. The molecule has 19 heavy (non-hydrogen) atoms. The number of nitrogens with zero attached hydrogens (tertiary/aromatic N) is 2. The van der Waals surface area contributed by atoms with Crippen LogP contribution in [-0.4, -0.2) is 9.97 Å². The minimum atomic E-state index is -0.536. The molecule has 2 N–H and O–H groups in total. The maximum absolute atomic E-state index is 13.3. The van der Waals surface area contributed by atoms with Gasteiger partial charge in [-0.05, 0) is 13.0 Å². The van der Waals surface area contributed by atoms with Gasteiger partial charge in [0.05, 0.1) is 11.1 Å². The summed E-state index contributed by atoms with van der Waals surface area (Å²) in [5, 5.41) is 2.62. The van der Waals surface area contributed by atoms with Crippen molar-refractivity contribution >= 4 is 34.0 Å². The summed E-state index contributed by atoms with van der Waals surface area (Å²) in [6.45, 7) is 1.85. The van der Waals surface area contributed by atoms with Crippen LogP contribution in [0.3, 0.4) is 0 Å². The Morgan fingerprint density at radius 3 is 2.89 bits per heavy atom. The Hall–Kier alpha value is -1.50. The fourth-order valence-corrected chi connectivity index (χ4v) is 2.54. The third-order valence-corrected chi connectivity index (χ3v) is 3.90. The number of rotatable bonds is 2. The molecule has 4 nitrogen and oxygen atoms in total. The molecule has 0 fully saturated rings. The molecule has 0 saturated carbocycles. The van der Waals surface area contributed by atoms with Crippen LogP contribution in [0.5, 0.6) is 0 Å². The first-order valence-electron chi connectivity index (χ1n) is 5.51. The van der Waals surface area contributed by atoms with Crippen molar-refractivity contribution in [3.63, 3.8) is 0 Å². The van der Waals surface area contributed by atoms with E-state index in [-0.39, 0.29) is 11.1 Å². The Morgan fingerprint density at radius 1 is 1.42 bits per heavy atom. The molecule has 0 spiro atoms. The highest BCUT2D eigenvalue weighted by Gasteiger charge is 2.15. The molecular weight excluding hydrogens is 289 g/mol. The quantitative estimate of drug-likeness (QED) is 0.782. The summed E-state index contributed by atoms with van der Waals surface area (Å²) < 4.78 is 18.8. The third-order valence-electron chi connectivity index (χ3n) is 2.56. The van der Waals surface area contributed by atoms with E-state index in [2.05, 4.69) is 9.97 Å². The lowest BCUT2D eigenvalue weighted by Gasteiger charge is -1.95. The second-order valence-electron chi connectivity index (χ2n) is 4.11. The number of hydrogen-bond acceptors (Lipinski definition) is 5. The van der Waals surface area contributed by atoms with Gasteiger partial charge in [0.2, 0.25) is 5.89 Å². The van der Waals surface area contributed by atoms with E-state index >= 15 is 0 Å². The maximum Gasteiger partial charge on any atom is 0.247 e. The highest BCUT2D eigenvalue weighted by Crippen LogP contribution is 2.29. The van der Waals surface area contributed by atoms with E-state index in [1.807, 2.05) is 6.92 Å². The van der Waals surface area contributed by atoms with Crippen LogP contribution >= 0.6 is 22.9 Å². The summed E-state index contributed by atoms with van der Waals surface area (Å²) in [6, 6.07) is 2.50. The van der Waals surface area contributed by atoms with E-state index < -0.39 is 5.82 Å². The number of hydrogen-bond donors (Lipinski definition) is 1. The van der Waals surface area contributed by atoms with Gasteiger partial charge >= 0.3 is 0 Å². The molecule has 0 aliphatic heterocycles. The van der Waals surface area contributed by atoms with Gasteiger partial charge in [-0.3, -0.25) is 0 Å². The normalized spacial score (nSPS) is 13.1. The fraction of sp³-hybridized carbons (Fsp3) is 0.167. The summed E-state index contributed by atoms with van der Waals surface area (Å²) in [6.07, 6.45) is 0. The van der Waals surface area contributed by atoms with Gasteiger partial charge in [0.15, 0.2) is 5.58 Å². The molecule has 0 aliphatic rings. The summed E-state index contributed by atoms with van der Waals surface area (Å²) >= 11 is 7.13. The van der Waals surface area contributed by atoms with E-state index in [0.29, 0.717) is 22.7 Å². The van der Waals surface area contributed by atoms with Gasteiger partial charge < -0.3 is 10.2 Å². The molecule has 0 bridgehead atoms. The Balaban J connectivity index is 2.09. The third kappa shape index (κ3) is 2.22. The molecule has 7 heteroatoms. The number of nitrogens with two attached hydrogens (primary N) is 1. The van der Waals surface area contributed by atoms with Crippen LogP contribution in [0.1, 0.15) is 18.0 Å². The van der Waals surface area contributed by atoms with Crippen LogP contribution in [0.4, 0.5) is 4.39 Å². The minimum Gasteiger partial charge on any atom is -0.435 e. The van der Waals surface area contributed by atoms with Crippen molar-refractivity contribution in [1.29, 1.82) is 0 Å². The predicted octanol–water partition coefficient (Wildman–Crippen LogP) is 3.76. The van der Waals surface area contributed by atoms with Gasteiger partial charge in [-0.1, -0.05) is 11.6 Å². The molecule has 3 rings (SSSR count). The maximum atomic E-state index is 13.3. The Morgan fingerprint density at radius 2 is 2.21 bits per heavy atom. The van der Waals surface area contributed by atoms with Crippen LogP contribution in [0.15, 0.2) is 21.9 Å². The second-order valence-corrected chi connectivity index (χ2v) is 5.41. The van der Waals surface area contributed by atoms with Crippen molar-refractivity contribution in [3.05, 3.63) is 33.4 Å². The van der Waals surface area contributed by atoms with E-state index in [0.717, 1.165) is 5.01 Å². The van der Waals surface area contributed by atoms with Crippen molar-refractivity contribution in [2.75, 3.05) is 0 Å². The molecule has 0 radical (unpaired) electrons. The number of halogens is 2. The molecule has 0 amide bonds. The first-order valence-corrected chi connectivity index (χ1v) is 6.77. The molecule has 98 valence electrons. The topological polar surface area (TPSA) is 64.9 Å². The Labute approximate surface area is 117 Å². The SMILES string of the molecule is CC(N)c1nc(-c2nc3cc(Cl)c(F)cc3o2)cs1. The molecular formula is C12H9ClFN3OS. The van der Waals surface area contributed by atoms with Crippen molar-refractivity contribution in [2.24, 2.45) is 5.73 Å². The minimum absolute atomic E-state index is 0.0156. The Kier molecular flexibility index (Phi) is 3.00. The molecule has 2 heterocycles. The van der Waals surface area contributed by atoms with Crippen LogP contribution in [0, 0.1) is 5.82 Å². The predicted molar refractivity (Wildman–Crippen MR) is 72.7 cm³/mol. The lowest BCUT2D eigenvalue weighted by molar-refractivity contribution is 0.600. The van der Waals surface area contributed by atoms with Gasteiger partial charge in [0, 0.05) is 11.4 Å². The van der Waals surface area contributed by atoms with Crippen molar-refractivity contribution in [3.8, 4) is 11.6 Å². The smallest absolute Gasteiger partial charge is 0.247 e. The van der Waals surface area contributed by atoms with Crippen molar-refractivity contribution < 1.29 is 8.81 Å². The molecule has 1 unspecified atom stereocenters. The van der Waals surface area contributed by atoms with Gasteiger partial charge in [-0.2, -0.15) is 0 Å². The zero-order valence-electron chi connectivity index (χ0n) is 9.85. The summed E-state index contributed by atoms with van der Waals surface area (Å²) in [5.74, 6) is -0.203. The van der Waals surface area contributed by atoms with Crippen molar-refractivity contribution in [1.82, 2.24) is 9.97 Å². The van der Waals surface area contributed by atoms with E-state index in [4.69, 9.17) is 21.8 Å². The first-order chi connectivity index (χ1) is 9.04. The zero-order chi connectivity index (χ0) is 13.6. The number of benzene rings is 1. The summed E-state index contributed by atoms with van der Waals surface area (Å²) in [7, 11) is 0. The average molecular weight is 298 g/mol. The lowest BCUT2D eigenvalue weighted by atomic mass is 10.3. The van der Waals surface area contributed by atoms with Crippen LogP contribution in [0.25, 0.3) is 22.7 Å². The van der Waals surface area contributed by atoms with Gasteiger partial charge in [0.1, 0.15) is 22.0 Å². The largest absolute Gasteiger partial charge is 0.435 e. The average Bonchev–Trinajstić information content (AvgIpc) is 2.95. The highest BCUT2D eigenvalue weighted by molar-refractivity contribution is 7.10. The lowest BCUT2D eigenvalue weighted by Crippen LogP contribution is -2.03. The van der Waals surface area contributed by atoms with Crippen molar-refractivity contribution in [2.45, 2.75) is 13.0 Å². The zero-order valence-corrected chi connectivity index (χ0v) is 11.4. The highest BCUT2D eigenvalue weighted by atomic mass is 35.5. The summed E-state index contributed by atoms with van der Waals surface area (Å²) in [4.78, 5) is 8.57. The number of thiazole rings is 1. The van der Waals surface area contributed by atoms with E-state index in [1.54, 1.807) is 5.38 Å². The Bertz CT molecular complexity index is 714. The van der Waals surface area contributed by atoms with Crippen LogP contribution in [-0.2, 0) is 0 Å². The molecule has 1 atom stereocenters. The molecule has 2 aromatic heterocycles. The monoisotopic (exact) mass is 297 g/mol. The first kappa shape index (κ1) is 12.5. The van der Waals surface area contributed by atoms with Gasteiger partial charge in [0.25, 0.3) is 0 Å². The molecule has 1 aromatic carbocycles. The van der Waals surface area contributed by atoms with Crippen LogP contribution < -0.4 is 5.73 Å². The molecule has 3 aromatic rings. The van der Waals surface area contributed by atoms with E-state index in [1.165, 1.54) is 23.5 Å². The van der Waals surface area contributed by atoms with E-state index in [9.17, 15) is 4.39 Å². The second kappa shape index (κ2) is 4.56. The van der Waals surface area contributed by atoms with Crippen LogP contribution in [0.2, 0.25) is 5.02 Å². The van der Waals surface area contributed by atoms with Gasteiger partial charge in [-0.25, -0.2) is 14.4 Å². The number of oxazole rings is 1.